The Morgan fingerprint density at radius 3 is 2.45 bits per heavy atom. The molecule has 1 amide bonds. The molecule has 0 radical (unpaired) electrons. The molecule has 1 aliphatic rings. The van der Waals surface area contributed by atoms with Crippen molar-refractivity contribution < 1.29 is 4.79 Å². The molecule has 1 aliphatic heterocycles. The van der Waals surface area contributed by atoms with E-state index in [-0.39, 0.29) is 5.91 Å². The van der Waals surface area contributed by atoms with Crippen LogP contribution in [0.2, 0.25) is 5.02 Å². The van der Waals surface area contributed by atoms with E-state index in [9.17, 15) is 4.79 Å². The van der Waals surface area contributed by atoms with Crippen LogP contribution in [0.1, 0.15) is 31.4 Å². The van der Waals surface area contributed by atoms with Gasteiger partial charge in [-0.25, -0.2) is 0 Å². The Morgan fingerprint density at radius 2 is 1.86 bits per heavy atom. The quantitative estimate of drug-likeness (QED) is 0.817. The van der Waals surface area contributed by atoms with E-state index >= 15 is 0 Å². The van der Waals surface area contributed by atoms with Crippen molar-refractivity contribution in [2.75, 3.05) is 39.8 Å². The Labute approximate surface area is 138 Å². The molecular weight excluding hydrogens is 298 g/mol. The summed E-state index contributed by atoms with van der Waals surface area (Å²) in [5.74, 6) is 0.286. The number of halogens is 1. The van der Waals surface area contributed by atoms with Gasteiger partial charge in [-0.3, -0.25) is 9.69 Å². The molecule has 1 unspecified atom stereocenters. The molecule has 0 aromatic heterocycles. The topological polar surface area (TPSA) is 35.6 Å². The number of hydrogen-bond donors (Lipinski definition) is 1. The largest absolute Gasteiger partial charge is 0.340 e. The number of piperazine rings is 1. The molecule has 0 bridgehead atoms. The van der Waals surface area contributed by atoms with Crippen molar-refractivity contribution in [3.63, 3.8) is 0 Å². The first-order valence-corrected chi connectivity index (χ1v) is 8.41. The first-order chi connectivity index (χ1) is 10.6. The minimum absolute atomic E-state index is 0.286. The van der Waals surface area contributed by atoms with Crippen LogP contribution in [0.3, 0.4) is 0 Å². The highest BCUT2D eigenvalue weighted by Gasteiger charge is 2.24. The van der Waals surface area contributed by atoms with Crippen LogP contribution < -0.4 is 5.32 Å². The van der Waals surface area contributed by atoms with Gasteiger partial charge in [0.15, 0.2) is 0 Å². The van der Waals surface area contributed by atoms with E-state index in [1.54, 1.807) is 0 Å². The van der Waals surface area contributed by atoms with E-state index in [4.69, 9.17) is 11.6 Å². The van der Waals surface area contributed by atoms with Gasteiger partial charge in [0.2, 0.25) is 5.91 Å². The Balaban J connectivity index is 1.81. The molecule has 1 N–H and O–H groups in total. The maximum Gasteiger partial charge on any atom is 0.222 e. The average molecular weight is 324 g/mol. The predicted octanol–water partition coefficient (Wildman–Crippen LogP) is 2.54. The summed E-state index contributed by atoms with van der Waals surface area (Å²) in [4.78, 5) is 16.6. The normalized spacial score (nSPS) is 17.5. The summed E-state index contributed by atoms with van der Waals surface area (Å²) in [7, 11) is 1.92. The van der Waals surface area contributed by atoms with Crippen molar-refractivity contribution in [1.82, 2.24) is 15.1 Å². The van der Waals surface area contributed by atoms with Gasteiger partial charge in [-0.15, -0.1) is 0 Å². The molecule has 1 fully saturated rings. The third kappa shape index (κ3) is 4.70. The summed E-state index contributed by atoms with van der Waals surface area (Å²) >= 11 is 5.95. The maximum atomic E-state index is 12.1. The summed E-state index contributed by atoms with van der Waals surface area (Å²) in [6.45, 7) is 6.64. The molecular formula is C17H26ClN3O. The van der Waals surface area contributed by atoms with Crippen LogP contribution in [0.15, 0.2) is 24.3 Å². The van der Waals surface area contributed by atoms with Crippen molar-refractivity contribution in [3.8, 4) is 0 Å². The Bertz CT molecular complexity index is 469. The van der Waals surface area contributed by atoms with Gasteiger partial charge in [0.1, 0.15) is 0 Å². The number of carbonyl (C=O) groups excluding carboxylic acids is 1. The second kappa shape index (κ2) is 8.51. The molecule has 1 aromatic rings. The van der Waals surface area contributed by atoms with Gasteiger partial charge in [0.25, 0.3) is 0 Å². The van der Waals surface area contributed by atoms with Crippen molar-refractivity contribution in [2.45, 2.75) is 25.8 Å². The molecule has 4 nitrogen and oxygen atoms in total. The van der Waals surface area contributed by atoms with Crippen LogP contribution in [0.5, 0.6) is 0 Å². The number of amides is 1. The molecule has 1 atom stereocenters. The maximum absolute atomic E-state index is 12.1. The third-order valence-corrected chi connectivity index (χ3v) is 4.64. The van der Waals surface area contributed by atoms with Crippen molar-refractivity contribution in [2.24, 2.45) is 0 Å². The second-order valence-electron chi connectivity index (χ2n) is 5.85. The van der Waals surface area contributed by atoms with Crippen LogP contribution in [0.4, 0.5) is 0 Å². The standard InChI is InChI=1S/C17H26ClN3O/c1-14(15-5-7-16(18)8-6-15)20-10-12-21(13-11-20)17(22)4-3-9-19-2/h5-8,14,19H,3-4,9-13H2,1-2H3. The molecule has 1 heterocycles. The molecule has 122 valence electrons. The van der Waals surface area contributed by atoms with Gasteiger partial charge >= 0.3 is 0 Å². The lowest BCUT2D eigenvalue weighted by Gasteiger charge is -2.38. The highest BCUT2D eigenvalue weighted by molar-refractivity contribution is 6.30. The summed E-state index contributed by atoms with van der Waals surface area (Å²) in [6, 6.07) is 8.41. The Hall–Kier alpha value is -1.10. The monoisotopic (exact) mass is 323 g/mol. The highest BCUT2D eigenvalue weighted by Crippen LogP contribution is 2.23. The Morgan fingerprint density at radius 1 is 1.23 bits per heavy atom. The molecule has 1 saturated heterocycles. The molecule has 0 aliphatic carbocycles. The molecule has 0 spiro atoms. The fraction of sp³-hybridized carbons (Fsp3) is 0.588. The van der Waals surface area contributed by atoms with E-state index in [0.717, 1.165) is 44.2 Å². The smallest absolute Gasteiger partial charge is 0.222 e. The van der Waals surface area contributed by atoms with Crippen LogP contribution in [-0.4, -0.2) is 55.5 Å². The first-order valence-electron chi connectivity index (χ1n) is 8.03. The van der Waals surface area contributed by atoms with Gasteiger partial charge in [-0.2, -0.15) is 0 Å². The summed E-state index contributed by atoms with van der Waals surface area (Å²) < 4.78 is 0. The van der Waals surface area contributed by atoms with Crippen LogP contribution in [0.25, 0.3) is 0 Å². The van der Waals surface area contributed by atoms with Crippen molar-refractivity contribution >= 4 is 17.5 Å². The van der Waals surface area contributed by atoms with Gasteiger partial charge in [0.05, 0.1) is 0 Å². The minimum Gasteiger partial charge on any atom is -0.340 e. The van der Waals surface area contributed by atoms with Gasteiger partial charge in [-0.1, -0.05) is 23.7 Å². The van der Waals surface area contributed by atoms with Crippen molar-refractivity contribution in [3.05, 3.63) is 34.9 Å². The Kier molecular flexibility index (Phi) is 6.68. The molecule has 5 heteroatoms. The van der Waals surface area contributed by atoms with E-state index < -0.39 is 0 Å². The van der Waals surface area contributed by atoms with E-state index in [1.807, 2.05) is 24.1 Å². The van der Waals surface area contributed by atoms with E-state index in [1.165, 1.54) is 5.56 Å². The number of benzene rings is 1. The zero-order valence-corrected chi connectivity index (χ0v) is 14.3. The number of rotatable bonds is 6. The van der Waals surface area contributed by atoms with E-state index in [2.05, 4.69) is 29.3 Å². The lowest BCUT2D eigenvalue weighted by atomic mass is 10.1. The molecule has 22 heavy (non-hydrogen) atoms. The summed E-state index contributed by atoms with van der Waals surface area (Å²) in [5, 5.41) is 3.85. The summed E-state index contributed by atoms with van der Waals surface area (Å²) in [6.07, 6.45) is 1.56. The first kappa shape index (κ1) is 17.3. The van der Waals surface area contributed by atoms with Crippen LogP contribution >= 0.6 is 11.6 Å². The number of nitrogens with zero attached hydrogens (tertiary/aromatic N) is 2. The van der Waals surface area contributed by atoms with E-state index in [0.29, 0.717) is 12.5 Å². The highest BCUT2D eigenvalue weighted by atomic mass is 35.5. The number of hydrogen-bond acceptors (Lipinski definition) is 3. The second-order valence-corrected chi connectivity index (χ2v) is 6.29. The van der Waals surface area contributed by atoms with Gasteiger partial charge in [-0.05, 0) is 44.6 Å². The van der Waals surface area contributed by atoms with Gasteiger partial charge < -0.3 is 10.2 Å². The summed E-state index contributed by atoms with van der Waals surface area (Å²) in [5.41, 5.74) is 1.28. The number of carbonyl (C=O) groups is 1. The molecule has 0 saturated carbocycles. The van der Waals surface area contributed by atoms with Crippen LogP contribution in [-0.2, 0) is 4.79 Å². The lowest BCUT2D eigenvalue weighted by Crippen LogP contribution is -2.49. The fourth-order valence-corrected chi connectivity index (χ4v) is 3.01. The predicted molar refractivity (Wildman–Crippen MR) is 91.2 cm³/mol. The van der Waals surface area contributed by atoms with Crippen molar-refractivity contribution in [1.29, 1.82) is 0 Å². The average Bonchev–Trinajstić information content (AvgIpc) is 2.55. The zero-order valence-electron chi connectivity index (χ0n) is 13.5. The molecule has 1 aromatic carbocycles. The van der Waals surface area contributed by atoms with Crippen LogP contribution in [0, 0.1) is 0 Å². The lowest BCUT2D eigenvalue weighted by molar-refractivity contribution is -0.133. The SMILES string of the molecule is CNCCCC(=O)N1CCN(C(C)c2ccc(Cl)cc2)CC1. The minimum atomic E-state index is 0.286. The third-order valence-electron chi connectivity index (χ3n) is 4.38. The molecule has 2 rings (SSSR count). The van der Waals surface area contributed by atoms with Gasteiger partial charge in [0, 0.05) is 43.7 Å². The fourth-order valence-electron chi connectivity index (χ4n) is 2.89. The number of nitrogens with one attached hydrogen (secondary N) is 1. The zero-order chi connectivity index (χ0) is 15.9.